The summed E-state index contributed by atoms with van der Waals surface area (Å²) in [6.07, 6.45) is 0. The van der Waals surface area contributed by atoms with E-state index in [0.717, 1.165) is 35.4 Å². The number of ether oxygens (including phenoxy) is 1. The number of nitrogens with zero attached hydrogens (tertiary/aromatic N) is 5. The van der Waals surface area contributed by atoms with E-state index in [9.17, 15) is 0 Å². The van der Waals surface area contributed by atoms with Crippen LogP contribution in [0.25, 0.3) is 10.9 Å². The van der Waals surface area contributed by atoms with E-state index in [1.54, 1.807) is 6.92 Å². The third-order valence-electron chi connectivity index (χ3n) is 4.69. The molecule has 1 atom stereocenters. The highest BCUT2D eigenvalue weighted by Crippen LogP contribution is 2.33. The average Bonchev–Trinajstić information content (AvgIpc) is 2.67. The normalized spacial score (nSPS) is 15.6. The van der Waals surface area contributed by atoms with Crippen molar-refractivity contribution in [3.63, 3.8) is 0 Å². The number of aryl methyl sites for hydroxylation is 1. The topological polar surface area (TPSA) is 102 Å². The van der Waals surface area contributed by atoms with Crippen molar-refractivity contribution in [2.75, 3.05) is 42.3 Å². The SMILES string of the molecule is Cc1nc(N)nc(N[C@@H](C)c2cc3cccc(Cl)c3nc2N2CCOCC2)n1. The number of para-hydroxylation sites is 1. The number of morpholine rings is 1. The molecule has 1 aliphatic heterocycles. The second-order valence-electron chi connectivity index (χ2n) is 6.74. The lowest BCUT2D eigenvalue weighted by molar-refractivity contribution is 0.122. The van der Waals surface area contributed by atoms with E-state index in [-0.39, 0.29) is 12.0 Å². The molecule has 1 fully saturated rings. The molecule has 146 valence electrons. The largest absolute Gasteiger partial charge is 0.378 e. The first-order valence-electron chi connectivity index (χ1n) is 9.18. The molecule has 0 unspecified atom stereocenters. The van der Waals surface area contributed by atoms with Gasteiger partial charge in [-0.05, 0) is 26.0 Å². The molecular weight excluding hydrogens is 378 g/mol. The summed E-state index contributed by atoms with van der Waals surface area (Å²) < 4.78 is 5.50. The zero-order valence-corrected chi connectivity index (χ0v) is 16.6. The molecule has 0 bridgehead atoms. The van der Waals surface area contributed by atoms with Crippen LogP contribution in [0.1, 0.15) is 24.4 Å². The maximum Gasteiger partial charge on any atom is 0.228 e. The first kappa shape index (κ1) is 18.6. The van der Waals surface area contributed by atoms with Gasteiger partial charge in [0.15, 0.2) is 0 Å². The number of hydrogen-bond acceptors (Lipinski definition) is 8. The Morgan fingerprint density at radius 2 is 1.96 bits per heavy atom. The van der Waals surface area contributed by atoms with E-state index in [0.29, 0.717) is 30.0 Å². The van der Waals surface area contributed by atoms with Crippen LogP contribution in [0.15, 0.2) is 24.3 Å². The molecular formula is C19H22ClN7O. The second-order valence-corrected chi connectivity index (χ2v) is 7.15. The van der Waals surface area contributed by atoms with Gasteiger partial charge in [0, 0.05) is 24.0 Å². The van der Waals surface area contributed by atoms with Crippen LogP contribution in [0, 0.1) is 6.92 Å². The van der Waals surface area contributed by atoms with Crippen molar-refractivity contribution in [2.24, 2.45) is 0 Å². The van der Waals surface area contributed by atoms with Crippen LogP contribution >= 0.6 is 11.6 Å². The predicted octanol–water partition coefficient (Wildman–Crippen LogP) is 2.97. The van der Waals surface area contributed by atoms with Crippen LogP contribution in [0.5, 0.6) is 0 Å². The zero-order valence-electron chi connectivity index (χ0n) is 15.8. The standard InChI is InChI=1S/C19H22ClN7O/c1-11(22-19-24-12(2)23-18(21)26-19)14-10-13-4-3-5-15(20)16(13)25-17(14)27-6-8-28-9-7-27/h3-5,10-11H,6-9H2,1-2H3,(H3,21,22,23,24,26)/t11-/m0/s1. The molecule has 1 aromatic carbocycles. The Kier molecular flexibility index (Phi) is 5.15. The number of hydrogen-bond donors (Lipinski definition) is 2. The first-order valence-corrected chi connectivity index (χ1v) is 9.55. The summed E-state index contributed by atoms with van der Waals surface area (Å²) in [4.78, 5) is 19.7. The quantitative estimate of drug-likeness (QED) is 0.690. The minimum atomic E-state index is -0.102. The van der Waals surface area contributed by atoms with Crippen molar-refractivity contribution >= 4 is 40.2 Å². The number of nitrogens with one attached hydrogen (secondary N) is 1. The first-order chi connectivity index (χ1) is 13.5. The summed E-state index contributed by atoms with van der Waals surface area (Å²) in [7, 11) is 0. The third kappa shape index (κ3) is 3.79. The maximum absolute atomic E-state index is 6.40. The molecule has 9 heteroatoms. The molecule has 1 saturated heterocycles. The van der Waals surface area contributed by atoms with Gasteiger partial charge < -0.3 is 20.7 Å². The van der Waals surface area contributed by atoms with E-state index in [4.69, 9.17) is 27.1 Å². The van der Waals surface area contributed by atoms with Gasteiger partial charge in [-0.3, -0.25) is 0 Å². The smallest absolute Gasteiger partial charge is 0.228 e. The van der Waals surface area contributed by atoms with E-state index in [1.807, 2.05) is 25.1 Å². The molecule has 0 spiro atoms. The molecule has 4 rings (SSSR count). The lowest BCUT2D eigenvalue weighted by atomic mass is 10.1. The van der Waals surface area contributed by atoms with Crippen molar-refractivity contribution < 1.29 is 4.74 Å². The minimum absolute atomic E-state index is 0.102. The molecule has 3 heterocycles. The van der Waals surface area contributed by atoms with Gasteiger partial charge in [-0.2, -0.15) is 15.0 Å². The third-order valence-corrected chi connectivity index (χ3v) is 5.00. The van der Waals surface area contributed by atoms with Gasteiger partial charge in [0.1, 0.15) is 11.6 Å². The van der Waals surface area contributed by atoms with Crippen molar-refractivity contribution in [2.45, 2.75) is 19.9 Å². The average molecular weight is 400 g/mol. The van der Waals surface area contributed by atoms with Gasteiger partial charge >= 0.3 is 0 Å². The number of benzene rings is 1. The van der Waals surface area contributed by atoms with Crippen LogP contribution in [0.2, 0.25) is 5.02 Å². The van der Waals surface area contributed by atoms with Crippen molar-refractivity contribution in [3.05, 3.63) is 40.7 Å². The lowest BCUT2D eigenvalue weighted by Gasteiger charge is -2.31. The van der Waals surface area contributed by atoms with Gasteiger partial charge in [-0.1, -0.05) is 23.7 Å². The fraction of sp³-hybridized carbons (Fsp3) is 0.368. The summed E-state index contributed by atoms with van der Waals surface area (Å²) in [6, 6.07) is 7.82. The fourth-order valence-corrected chi connectivity index (χ4v) is 3.58. The van der Waals surface area contributed by atoms with Gasteiger partial charge in [0.2, 0.25) is 11.9 Å². The number of aromatic nitrogens is 4. The van der Waals surface area contributed by atoms with E-state index in [2.05, 4.69) is 31.2 Å². The molecule has 0 radical (unpaired) electrons. The van der Waals surface area contributed by atoms with E-state index < -0.39 is 0 Å². The Labute approximate surface area is 168 Å². The van der Waals surface area contributed by atoms with Gasteiger partial charge in [0.25, 0.3) is 0 Å². The monoisotopic (exact) mass is 399 g/mol. The Balaban J connectivity index is 1.76. The van der Waals surface area contributed by atoms with Crippen LogP contribution in [0.3, 0.4) is 0 Å². The lowest BCUT2D eigenvalue weighted by Crippen LogP contribution is -2.37. The summed E-state index contributed by atoms with van der Waals surface area (Å²) >= 11 is 6.40. The summed E-state index contributed by atoms with van der Waals surface area (Å²) in [5.41, 5.74) is 7.59. The molecule has 2 aromatic heterocycles. The summed E-state index contributed by atoms with van der Waals surface area (Å²) in [5, 5.41) is 4.95. The van der Waals surface area contributed by atoms with Gasteiger partial charge in [0.05, 0.1) is 29.8 Å². The molecule has 0 amide bonds. The number of anilines is 3. The Hall–Kier alpha value is -2.71. The van der Waals surface area contributed by atoms with Crippen LogP contribution in [-0.4, -0.2) is 46.2 Å². The van der Waals surface area contributed by atoms with Gasteiger partial charge in [-0.15, -0.1) is 0 Å². The number of nitrogen functional groups attached to an aromatic ring is 1. The van der Waals surface area contributed by atoms with Gasteiger partial charge in [-0.25, -0.2) is 4.98 Å². The second kappa shape index (κ2) is 7.73. The maximum atomic E-state index is 6.40. The summed E-state index contributed by atoms with van der Waals surface area (Å²) in [5.74, 6) is 2.09. The predicted molar refractivity (Wildman–Crippen MR) is 111 cm³/mol. The number of rotatable bonds is 4. The van der Waals surface area contributed by atoms with Crippen LogP contribution < -0.4 is 16.0 Å². The van der Waals surface area contributed by atoms with Crippen molar-refractivity contribution in [3.8, 4) is 0 Å². The minimum Gasteiger partial charge on any atom is -0.378 e. The Morgan fingerprint density at radius 1 is 1.18 bits per heavy atom. The molecule has 0 saturated carbocycles. The number of pyridine rings is 1. The van der Waals surface area contributed by atoms with Crippen LogP contribution in [-0.2, 0) is 4.74 Å². The highest BCUT2D eigenvalue weighted by molar-refractivity contribution is 6.35. The van der Waals surface area contributed by atoms with Crippen molar-refractivity contribution in [1.29, 1.82) is 0 Å². The van der Waals surface area contributed by atoms with Crippen LogP contribution in [0.4, 0.5) is 17.7 Å². The molecule has 28 heavy (non-hydrogen) atoms. The number of nitrogens with two attached hydrogens (primary N) is 1. The highest BCUT2D eigenvalue weighted by atomic mass is 35.5. The van der Waals surface area contributed by atoms with E-state index >= 15 is 0 Å². The van der Waals surface area contributed by atoms with Crippen molar-refractivity contribution in [1.82, 2.24) is 19.9 Å². The summed E-state index contributed by atoms with van der Waals surface area (Å²) in [6.45, 7) is 6.74. The molecule has 0 aliphatic carbocycles. The van der Waals surface area contributed by atoms with E-state index in [1.165, 1.54) is 0 Å². The fourth-order valence-electron chi connectivity index (χ4n) is 3.35. The molecule has 8 nitrogen and oxygen atoms in total. The Morgan fingerprint density at radius 3 is 2.71 bits per heavy atom. The molecule has 3 N–H and O–H groups in total. The Bertz CT molecular complexity index is 987. The number of halogens is 1. The number of fused-ring (bicyclic) bond motifs is 1. The highest BCUT2D eigenvalue weighted by Gasteiger charge is 2.22. The zero-order chi connectivity index (χ0) is 19.7. The molecule has 3 aromatic rings. The molecule has 1 aliphatic rings.